The lowest BCUT2D eigenvalue weighted by Gasteiger charge is -2.40. The van der Waals surface area contributed by atoms with Crippen molar-refractivity contribution in [2.75, 3.05) is 18.4 Å². The third-order valence-corrected chi connectivity index (χ3v) is 5.71. The molecule has 1 aromatic carbocycles. The zero-order valence-electron chi connectivity index (χ0n) is 16.6. The Labute approximate surface area is 172 Å². The molecule has 3 heterocycles. The van der Waals surface area contributed by atoms with Crippen molar-refractivity contribution < 1.29 is 9.90 Å². The van der Waals surface area contributed by atoms with Crippen LogP contribution in [0.4, 0.5) is 16.3 Å². The minimum absolute atomic E-state index is 0.175. The lowest BCUT2D eigenvalue weighted by atomic mass is 9.85. The molecule has 2 aromatic heterocycles. The summed E-state index contributed by atoms with van der Waals surface area (Å²) in [5.41, 5.74) is 1.54. The first kappa shape index (κ1) is 19.5. The van der Waals surface area contributed by atoms with E-state index in [-0.39, 0.29) is 12.0 Å². The predicted molar refractivity (Wildman–Crippen MR) is 112 cm³/mol. The average Bonchev–Trinajstić information content (AvgIpc) is 3.09. The van der Waals surface area contributed by atoms with Crippen LogP contribution in [0.15, 0.2) is 41.3 Å². The van der Waals surface area contributed by atoms with Crippen LogP contribution in [0, 0.1) is 18.3 Å². The van der Waals surface area contributed by atoms with E-state index < -0.39 is 11.6 Å². The number of nitriles is 1. The summed E-state index contributed by atoms with van der Waals surface area (Å²) in [6, 6.07) is 11.8. The second-order valence-electron chi connectivity index (χ2n) is 7.65. The van der Waals surface area contributed by atoms with Crippen molar-refractivity contribution in [1.82, 2.24) is 19.7 Å². The Bertz CT molecular complexity index is 1200. The first-order valence-electron chi connectivity index (χ1n) is 9.73. The number of aromatic nitrogens is 3. The normalized spacial score (nSPS) is 15.7. The summed E-state index contributed by atoms with van der Waals surface area (Å²) in [7, 11) is 0. The zero-order valence-corrected chi connectivity index (χ0v) is 16.6. The smallest absolute Gasteiger partial charge is 0.407 e. The average molecular weight is 406 g/mol. The van der Waals surface area contributed by atoms with Crippen LogP contribution >= 0.6 is 0 Å². The van der Waals surface area contributed by atoms with Crippen molar-refractivity contribution in [3.8, 4) is 6.07 Å². The number of hydrogen-bond donors (Lipinski definition) is 3. The van der Waals surface area contributed by atoms with Gasteiger partial charge in [-0.25, -0.2) is 4.79 Å². The molecule has 9 nitrogen and oxygen atoms in total. The summed E-state index contributed by atoms with van der Waals surface area (Å²) in [6.07, 6.45) is 1.66. The second-order valence-corrected chi connectivity index (χ2v) is 7.65. The molecule has 1 fully saturated rings. The van der Waals surface area contributed by atoms with Crippen molar-refractivity contribution in [3.63, 3.8) is 0 Å². The fourth-order valence-electron chi connectivity index (χ4n) is 4.11. The van der Waals surface area contributed by atoms with E-state index in [1.165, 1.54) is 4.90 Å². The third-order valence-electron chi connectivity index (χ3n) is 5.71. The number of fused-ring (bicyclic) bond motifs is 1. The molecule has 0 radical (unpaired) electrons. The number of H-pyrrole nitrogens is 1. The second kappa shape index (κ2) is 7.55. The number of piperidine rings is 1. The van der Waals surface area contributed by atoms with Gasteiger partial charge in [-0.05, 0) is 43.5 Å². The van der Waals surface area contributed by atoms with Gasteiger partial charge in [-0.2, -0.15) is 10.4 Å². The Kier molecular flexibility index (Phi) is 4.91. The number of benzene rings is 1. The van der Waals surface area contributed by atoms with E-state index in [2.05, 4.69) is 16.4 Å². The number of nitrogens with one attached hydrogen (secondary N) is 2. The Hall–Kier alpha value is -3.80. The van der Waals surface area contributed by atoms with Gasteiger partial charge in [-0.15, -0.1) is 0 Å². The lowest BCUT2D eigenvalue weighted by molar-refractivity contribution is 0.0912. The number of aromatic amines is 1. The number of rotatable bonds is 4. The van der Waals surface area contributed by atoms with Gasteiger partial charge in [0.1, 0.15) is 5.39 Å². The third kappa shape index (κ3) is 3.37. The number of amides is 1. The summed E-state index contributed by atoms with van der Waals surface area (Å²) in [6.45, 7) is 2.59. The monoisotopic (exact) mass is 406 g/mol. The minimum Gasteiger partial charge on any atom is -0.465 e. The maximum Gasteiger partial charge on any atom is 0.407 e. The summed E-state index contributed by atoms with van der Waals surface area (Å²) >= 11 is 0. The number of carboxylic acid groups (broad SMARTS) is 1. The predicted octanol–water partition coefficient (Wildman–Crippen LogP) is 3.16. The van der Waals surface area contributed by atoms with Gasteiger partial charge >= 0.3 is 6.09 Å². The number of hydrogen-bond acceptors (Lipinski definition) is 5. The summed E-state index contributed by atoms with van der Waals surface area (Å²) in [4.78, 5) is 28.0. The van der Waals surface area contributed by atoms with E-state index in [0.717, 1.165) is 11.3 Å². The van der Waals surface area contributed by atoms with Gasteiger partial charge in [0.15, 0.2) is 5.82 Å². The van der Waals surface area contributed by atoms with Gasteiger partial charge in [0.25, 0.3) is 5.56 Å². The molecule has 1 saturated heterocycles. The molecule has 30 heavy (non-hydrogen) atoms. The lowest BCUT2D eigenvalue weighted by Crippen LogP contribution is -2.48. The SMILES string of the molecule is Cc1cccc(Nc2nn(C3(CC#N)CCN(C(=O)O)CC3)c3cc[nH]c(=O)c23)c1. The number of nitrogens with zero attached hydrogens (tertiary/aromatic N) is 4. The number of aryl methyl sites for hydroxylation is 1. The Morgan fingerprint density at radius 1 is 1.37 bits per heavy atom. The topological polar surface area (TPSA) is 127 Å². The van der Waals surface area contributed by atoms with Crippen LogP contribution in [0.5, 0.6) is 0 Å². The Balaban J connectivity index is 1.82. The van der Waals surface area contributed by atoms with Gasteiger partial charge in [0.2, 0.25) is 0 Å². The van der Waals surface area contributed by atoms with Crippen LogP contribution < -0.4 is 10.9 Å². The van der Waals surface area contributed by atoms with E-state index in [0.29, 0.717) is 42.7 Å². The molecule has 3 aromatic rings. The molecule has 4 rings (SSSR count). The van der Waals surface area contributed by atoms with E-state index in [9.17, 15) is 20.0 Å². The molecular formula is C21H22N6O3. The van der Waals surface area contributed by atoms with Crippen LogP contribution in [0.25, 0.3) is 10.9 Å². The molecule has 0 spiro atoms. The van der Waals surface area contributed by atoms with Crippen LogP contribution in [0.2, 0.25) is 0 Å². The van der Waals surface area contributed by atoms with Crippen LogP contribution in [0.1, 0.15) is 24.8 Å². The summed E-state index contributed by atoms with van der Waals surface area (Å²) < 4.78 is 1.75. The van der Waals surface area contributed by atoms with Crippen molar-refractivity contribution in [2.24, 2.45) is 0 Å². The largest absolute Gasteiger partial charge is 0.465 e. The molecule has 3 N–H and O–H groups in total. The van der Waals surface area contributed by atoms with Gasteiger partial charge < -0.3 is 20.3 Å². The van der Waals surface area contributed by atoms with Crippen LogP contribution in [-0.4, -0.2) is 44.0 Å². The molecule has 9 heteroatoms. The fourth-order valence-corrected chi connectivity index (χ4v) is 4.11. The molecule has 1 aliphatic rings. The van der Waals surface area contributed by atoms with Crippen molar-refractivity contribution in [2.45, 2.75) is 31.7 Å². The fraction of sp³-hybridized carbons (Fsp3) is 0.333. The van der Waals surface area contributed by atoms with E-state index in [4.69, 9.17) is 5.10 Å². The number of likely N-dealkylation sites (tertiary alicyclic amines) is 1. The van der Waals surface area contributed by atoms with Gasteiger partial charge in [-0.1, -0.05) is 12.1 Å². The molecule has 0 bridgehead atoms. The van der Waals surface area contributed by atoms with Gasteiger partial charge in [0, 0.05) is 25.0 Å². The highest BCUT2D eigenvalue weighted by atomic mass is 16.4. The summed E-state index contributed by atoms with van der Waals surface area (Å²) in [5.74, 6) is 0.412. The molecular weight excluding hydrogens is 384 g/mol. The minimum atomic E-state index is -0.968. The van der Waals surface area contributed by atoms with E-state index in [1.807, 2.05) is 31.2 Å². The number of pyridine rings is 1. The van der Waals surface area contributed by atoms with E-state index >= 15 is 0 Å². The first-order chi connectivity index (χ1) is 14.4. The summed E-state index contributed by atoms with van der Waals surface area (Å²) in [5, 5.41) is 27.2. The highest BCUT2D eigenvalue weighted by Gasteiger charge is 2.40. The molecule has 0 atom stereocenters. The maximum atomic E-state index is 12.7. The Morgan fingerprint density at radius 3 is 2.80 bits per heavy atom. The number of carbonyl (C=O) groups is 1. The molecule has 1 aliphatic heterocycles. The number of anilines is 2. The first-order valence-corrected chi connectivity index (χ1v) is 9.73. The quantitative estimate of drug-likeness (QED) is 0.611. The molecule has 0 unspecified atom stereocenters. The zero-order chi connectivity index (χ0) is 21.3. The van der Waals surface area contributed by atoms with Gasteiger partial charge in [-0.3, -0.25) is 9.48 Å². The van der Waals surface area contributed by atoms with Gasteiger partial charge in [0.05, 0.1) is 23.5 Å². The van der Waals surface area contributed by atoms with Crippen molar-refractivity contribution in [1.29, 1.82) is 5.26 Å². The molecule has 0 aliphatic carbocycles. The maximum absolute atomic E-state index is 12.7. The van der Waals surface area contributed by atoms with Crippen LogP contribution in [0.3, 0.4) is 0 Å². The molecule has 0 saturated carbocycles. The van der Waals surface area contributed by atoms with E-state index in [1.54, 1.807) is 16.9 Å². The van der Waals surface area contributed by atoms with Crippen molar-refractivity contribution >= 4 is 28.5 Å². The highest BCUT2D eigenvalue weighted by molar-refractivity contribution is 5.91. The van der Waals surface area contributed by atoms with Crippen molar-refractivity contribution in [3.05, 3.63) is 52.4 Å². The molecule has 154 valence electrons. The highest BCUT2D eigenvalue weighted by Crippen LogP contribution is 2.37. The molecule has 1 amide bonds. The Morgan fingerprint density at radius 2 is 2.13 bits per heavy atom. The van der Waals surface area contributed by atoms with Crippen LogP contribution in [-0.2, 0) is 5.54 Å². The standard InChI is InChI=1S/C21H22N6O3/c1-14-3-2-4-15(13-14)24-18-17-16(5-10-23-19(17)28)27(25-18)21(6-9-22)7-11-26(12-8-21)20(29)30/h2-5,10,13H,6-8,11-12H2,1H3,(H,23,28)(H,24,25)(H,29,30).